The molecule has 1 saturated heterocycles. The van der Waals surface area contributed by atoms with Crippen molar-refractivity contribution >= 4 is 44.7 Å². The molecule has 19 heavy (non-hydrogen) atoms. The van der Waals surface area contributed by atoms with Crippen molar-refractivity contribution in [2.45, 2.75) is 31.3 Å². The number of thiazole rings is 1. The van der Waals surface area contributed by atoms with E-state index in [1.807, 2.05) is 6.92 Å². The van der Waals surface area contributed by atoms with Crippen LogP contribution in [0.1, 0.15) is 18.9 Å². The van der Waals surface area contributed by atoms with Crippen molar-refractivity contribution in [3.63, 3.8) is 0 Å². The Hall–Kier alpha value is -0.940. The van der Waals surface area contributed by atoms with Gasteiger partial charge >= 0.3 is 0 Å². The molecule has 3 rings (SSSR count). The van der Waals surface area contributed by atoms with Crippen molar-refractivity contribution in [3.8, 4) is 0 Å². The quantitative estimate of drug-likeness (QED) is 0.817. The molecule has 1 aliphatic rings. The van der Waals surface area contributed by atoms with Crippen LogP contribution in [0.2, 0.25) is 0 Å². The summed E-state index contributed by atoms with van der Waals surface area (Å²) in [6, 6.07) is 4.23. The summed E-state index contributed by atoms with van der Waals surface area (Å²) in [6.07, 6.45) is 0. The number of aromatic nitrogens is 1. The summed E-state index contributed by atoms with van der Waals surface area (Å²) in [4.78, 5) is 6.99. The summed E-state index contributed by atoms with van der Waals surface area (Å²) in [5, 5.41) is 2.40. The van der Waals surface area contributed by atoms with E-state index >= 15 is 0 Å². The highest BCUT2D eigenvalue weighted by molar-refractivity contribution is 8.00. The largest absolute Gasteiger partial charge is 0.397 e. The van der Waals surface area contributed by atoms with E-state index in [4.69, 9.17) is 5.73 Å². The Kier molecular flexibility index (Phi) is 3.35. The lowest BCUT2D eigenvalue weighted by molar-refractivity contribution is 0.729. The molecule has 2 heterocycles. The van der Waals surface area contributed by atoms with Gasteiger partial charge in [-0.05, 0) is 19.1 Å². The van der Waals surface area contributed by atoms with E-state index in [0.29, 0.717) is 10.5 Å². The van der Waals surface area contributed by atoms with Gasteiger partial charge < -0.3 is 10.6 Å². The Morgan fingerprint density at radius 2 is 1.95 bits per heavy atom. The molecule has 1 fully saturated rings. The summed E-state index contributed by atoms with van der Waals surface area (Å²) in [5.74, 6) is 0. The summed E-state index contributed by atoms with van der Waals surface area (Å²) in [5.41, 5.74) is 9.35. The second-order valence-electron chi connectivity index (χ2n) is 5.27. The van der Waals surface area contributed by atoms with Crippen LogP contribution >= 0.6 is 23.1 Å². The second kappa shape index (κ2) is 4.87. The monoisotopic (exact) mass is 293 g/mol. The fourth-order valence-electron chi connectivity index (χ4n) is 2.74. The minimum atomic E-state index is 0.649. The maximum atomic E-state index is 6.25. The molecule has 0 radical (unpaired) electrons. The highest BCUT2D eigenvalue weighted by Gasteiger charge is 2.24. The lowest BCUT2D eigenvalue weighted by atomic mass is 10.2. The summed E-state index contributed by atoms with van der Waals surface area (Å²) in [7, 11) is 0. The zero-order chi connectivity index (χ0) is 13.6. The highest BCUT2D eigenvalue weighted by Crippen LogP contribution is 2.35. The maximum Gasteiger partial charge on any atom is 0.0907 e. The lowest BCUT2D eigenvalue weighted by Crippen LogP contribution is -2.40. The van der Waals surface area contributed by atoms with Crippen LogP contribution in [-0.2, 0) is 0 Å². The zero-order valence-corrected chi connectivity index (χ0v) is 13.1. The third-order valence-corrected chi connectivity index (χ3v) is 5.57. The molecule has 102 valence electrons. The van der Waals surface area contributed by atoms with E-state index in [1.165, 1.54) is 4.70 Å². The zero-order valence-electron chi connectivity index (χ0n) is 11.5. The van der Waals surface area contributed by atoms with Gasteiger partial charge in [0.1, 0.15) is 0 Å². The van der Waals surface area contributed by atoms with E-state index in [1.54, 1.807) is 11.3 Å². The Labute approximate surface area is 122 Å². The number of rotatable bonds is 1. The van der Waals surface area contributed by atoms with Gasteiger partial charge in [-0.1, -0.05) is 13.8 Å². The molecule has 0 aliphatic carbocycles. The molecule has 2 N–H and O–H groups in total. The van der Waals surface area contributed by atoms with Crippen molar-refractivity contribution < 1.29 is 0 Å². The highest BCUT2D eigenvalue weighted by atomic mass is 32.2. The summed E-state index contributed by atoms with van der Waals surface area (Å²) < 4.78 is 1.19. The lowest BCUT2D eigenvalue weighted by Gasteiger charge is -2.36. The van der Waals surface area contributed by atoms with Gasteiger partial charge in [0.05, 0.1) is 26.6 Å². The number of hydrogen-bond donors (Lipinski definition) is 1. The molecule has 0 spiro atoms. The van der Waals surface area contributed by atoms with Crippen molar-refractivity contribution in [3.05, 3.63) is 17.1 Å². The Balaban J connectivity index is 2.01. The van der Waals surface area contributed by atoms with Gasteiger partial charge in [-0.2, -0.15) is 11.8 Å². The minimum absolute atomic E-state index is 0.649. The molecule has 1 aliphatic heterocycles. The molecule has 0 bridgehead atoms. The first-order valence-corrected chi connectivity index (χ1v) is 8.36. The summed E-state index contributed by atoms with van der Waals surface area (Å²) in [6.45, 7) is 8.74. The van der Waals surface area contributed by atoms with Crippen LogP contribution in [-0.4, -0.2) is 28.6 Å². The molecule has 2 aromatic rings. The topological polar surface area (TPSA) is 42.2 Å². The molecular formula is C14H19N3S2. The minimum Gasteiger partial charge on any atom is -0.397 e. The van der Waals surface area contributed by atoms with Gasteiger partial charge in [-0.15, -0.1) is 11.3 Å². The van der Waals surface area contributed by atoms with Gasteiger partial charge in [0.2, 0.25) is 0 Å². The smallest absolute Gasteiger partial charge is 0.0907 e. The molecule has 1 aromatic carbocycles. The van der Waals surface area contributed by atoms with Gasteiger partial charge in [0.25, 0.3) is 0 Å². The number of anilines is 2. The van der Waals surface area contributed by atoms with Crippen LogP contribution in [0, 0.1) is 6.92 Å². The predicted octanol–water partition coefficient (Wildman–Crippen LogP) is 3.52. The maximum absolute atomic E-state index is 6.25. The summed E-state index contributed by atoms with van der Waals surface area (Å²) >= 11 is 3.77. The molecule has 2 unspecified atom stereocenters. The number of aryl methyl sites for hydroxylation is 1. The molecule has 1 aromatic heterocycles. The number of thioether (sulfide) groups is 1. The predicted molar refractivity (Wildman–Crippen MR) is 87.5 cm³/mol. The Bertz CT molecular complexity index is 598. The first kappa shape index (κ1) is 13.1. The van der Waals surface area contributed by atoms with E-state index in [0.717, 1.165) is 35.0 Å². The average Bonchev–Trinajstić information content (AvgIpc) is 2.65. The van der Waals surface area contributed by atoms with Crippen molar-refractivity contribution in [2.24, 2.45) is 0 Å². The second-order valence-corrected chi connectivity index (χ2v) is 8.39. The van der Waals surface area contributed by atoms with Gasteiger partial charge in [-0.25, -0.2) is 4.98 Å². The fourth-order valence-corrected chi connectivity index (χ4v) is 4.92. The first-order chi connectivity index (χ1) is 9.02. The van der Waals surface area contributed by atoms with E-state index in [2.05, 4.69) is 47.6 Å². The SMILES string of the molecule is Cc1nc2cc(N3CC(C)SC(C)C3)c(N)cc2s1. The van der Waals surface area contributed by atoms with E-state index < -0.39 is 0 Å². The molecular weight excluding hydrogens is 274 g/mol. The molecule has 3 nitrogen and oxygen atoms in total. The van der Waals surface area contributed by atoms with Crippen LogP contribution in [0.25, 0.3) is 10.2 Å². The van der Waals surface area contributed by atoms with E-state index in [-0.39, 0.29) is 0 Å². The number of benzene rings is 1. The van der Waals surface area contributed by atoms with Crippen molar-refractivity contribution in [1.82, 2.24) is 4.98 Å². The third kappa shape index (κ3) is 2.54. The van der Waals surface area contributed by atoms with Crippen LogP contribution in [0.4, 0.5) is 11.4 Å². The Morgan fingerprint density at radius 1 is 1.26 bits per heavy atom. The number of nitrogens with zero attached hydrogens (tertiary/aromatic N) is 2. The standard InChI is InChI=1S/C14H19N3S2/c1-8-6-17(7-9(2)18-8)13-5-12-14(4-11(13)15)19-10(3)16-12/h4-5,8-9H,6-7,15H2,1-3H3. The van der Waals surface area contributed by atoms with Crippen LogP contribution < -0.4 is 10.6 Å². The number of nitrogen functional groups attached to an aromatic ring is 1. The molecule has 5 heteroatoms. The molecule has 0 saturated carbocycles. The molecule has 2 atom stereocenters. The average molecular weight is 293 g/mol. The van der Waals surface area contributed by atoms with Crippen LogP contribution in [0.5, 0.6) is 0 Å². The first-order valence-electron chi connectivity index (χ1n) is 6.60. The van der Waals surface area contributed by atoms with Gasteiger partial charge in [-0.3, -0.25) is 0 Å². The number of hydrogen-bond acceptors (Lipinski definition) is 5. The van der Waals surface area contributed by atoms with Gasteiger partial charge in [0, 0.05) is 23.6 Å². The van der Waals surface area contributed by atoms with Gasteiger partial charge in [0.15, 0.2) is 0 Å². The van der Waals surface area contributed by atoms with Crippen molar-refractivity contribution in [1.29, 1.82) is 0 Å². The number of fused-ring (bicyclic) bond motifs is 1. The van der Waals surface area contributed by atoms with Crippen LogP contribution in [0.15, 0.2) is 12.1 Å². The number of nitrogens with two attached hydrogens (primary N) is 1. The van der Waals surface area contributed by atoms with E-state index in [9.17, 15) is 0 Å². The molecule has 0 amide bonds. The Morgan fingerprint density at radius 3 is 2.63 bits per heavy atom. The fraction of sp³-hybridized carbons (Fsp3) is 0.500. The van der Waals surface area contributed by atoms with Crippen LogP contribution in [0.3, 0.4) is 0 Å². The third-order valence-electron chi connectivity index (χ3n) is 3.40. The van der Waals surface area contributed by atoms with Crippen molar-refractivity contribution in [2.75, 3.05) is 23.7 Å². The normalized spacial score (nSPS) is 24.1.